The second-order valence-corrected chi connectivity index (χ2v) is 3.74. The van der Waals surface area contributed by atoms with E-state index < -0.39 is 16.6 Å². The van der Waals surface area contributed by atoms with Gasteiger partial charge in [-0.15, -0.1) is 0 Å². The smallest absolute Gasteiger partial charge is 0.139 e. The van der Waals surface area contributed by atoms with Gasteiger partial charge in [0.15, 0.2) is 0 Å². The molecule has 0 aliphatic carbocycles. The van der Waals surface area contributed by atoms with Crippen LogP contribution in [0.25, 0.3) is 0 Å². The third-order valence-electron chi connectivity index (χ3n) is 1.40. The monoisotopic (exact) mass is 232 g/mol. The molecule has 0 saturated carbocycles. The van der Waals surface area contributed by atoms with Crippen molar-refractivity contribution in [3.63, 3.8) is 0 Å². The highest BCUT2D eigenvalue weighted by molar-refractivity contribution is 7.84. The van der Waals surface area contributed by atoms with E-state index in [1.54, 1.807) is 12.1 Å². The van der Waals surface area contributed by atoms with Gasteiger partial charge in [0.2, 0.25) is 0 Å². The van der Waals surface area contributed by atoms with Crippen LogP contribution in [-0.2, 0) is 10.8 Å². The van der Waals surface area contributed by atoms with E-state index in [9.17, 15) is 8.60 Å². The van der Waals surface area contributed by atoms with Crippen molar-refractivity contribution < 1.29 is 8.60 Å². The van der Waals surface area contributed by atoms with E-state index in [0.717, 1.165) is 5.56 Å². The minimum Gasteiger partial charge on any atom is -0.255 e. The Hall–Kier alpha value is -0.700. The van der Waals surface area contributed by atoms with Gasteiger partial charge in [0.25, 0.3) is 0 Å². The Morgan fingerprint density at radius 3 is 1.93 bits per heavy atom. The highest BCUT2D eigenvalue weighted by atomic mass is 32.2. The maximum atomic E-state index is 12.8. The van der Waals surface area contributed by atoms with Crippen molar-refractivity contribution >= 4 is 10.8 Å². The van der Waals surface area contributed by atoms with E-state index in [1.807, 2.05) is 34.6 Å². The summed E-state index contributed by atoms with van der Waals surface area (Å²) >= 11 is 0. The first-order chi connectivity index (χ1) is 7.11. The predicted molar refractivity (Wildman–Crippen MR) is 66.2 cm³/mol. The molecule has 0 fully saturated rings. The van der Waals surface area contributed by atoms with E-state index in [1.165, 1.54) is 12.3 Å². The Kier molecular flexibility index (Phi) is 11.0. The molecule has 88 valence electrons. The number of aryl methyl sites for hydroxylation is 1. The van der Waals surface area contributed by atoms with Crippen LogP contribution in [0.1, 0.15) is 33.3 Å². The Bertz CT molecular complexity index is 298. The summed E-state index contributed by atoms with van der Waals surface area (Å²) in [6.07, 6.45) is 1.47. The molecule has 0 N–H and O–H groups in total. The molecule has 0 amide bonds. The molecule has 1 nitrogen and oxygen atoms in total. The number of benzene rings is 1. The molecule has 1 unspecified atom stereocenters. The summed E-state index contributed by atoms with van der Waals surface area (Å²) in [6, 6.07) is 4.60. The van der Waals surface area contributed by atoms with Gasteiger partial charge in [-0.1, -0.05) is 33.8 Å². The summed E-state index contributed by atoms with van der Waals surface area (Å²) < 4.78 is 23.7. The van der Waals surface area contributed by atoms with Crippen LogP contribution >= 0.6 is 0 Å². The van der Waals surface area contributed by atoms with E-state index in [4.69, 9.17) is 0 Å². The Balaban J connectivity index is 0. The second-order valence-electron chi connectivity index (χ2n) is 2.39. The summed E-state index contributed by atoms with van der Waals surface area (Å²) in [4.78, 5) is 0.282. The lowest BCUT2D eigenvalue weighted by Crippen LogP contribution is -1.92. The molecule has 1 aromatic carbocycles. The van der Waals surface area contributed by atoms with Crippen LogP contribution in [0.3, 0.4) is 0 Å². The van der Waals surface area contributed by atoms with Gasteiger partial charge in [-0.2, -0.15) is 0 Å². The molecule has 0 spiro atoms. The number of rotatable bonds is 1. The predicted octanol–water partition coefficient (Wildman–Crippen LogP) is 3.92. The Morgan fingerprint density at radius 2 is 1.60 bits per heavy atom. The molecule has 0 saturated heterocycles. The molecule has 0 aliphatic rings. The standard InChI is InChI=1S/C8H9FOS.2C2H6/c1-6-3-4-7(9)8(5-6)11(2)10;2*1-2/h3-5H,1-2H3;2*1-2H3. The van der Waals surface area contributed by atoms with Crippen LogP contribution < -0.4 is 0 Å². The van der Waals surface area contributed by atoms with Gasteiger partial charge < -0.3 is 0 Å². The zero-order valence-corrected chi connectivity index (χ0v) is 11.2. The van der Waals surface area contributed by atoms with Crippen LogP contribution in [0.5, 0.6) is 0 Å². The Morgan fingerprint density at radius 1 is 1.13 bits per heavy atom. The minimum absolute atomic E-state index is 0.282. The van der Waals surface area contributed by atoms with E-state index in [0.29, 0.717) is 0 Å². The third kappa shape index (κ3) is 6.39. The fourth-order valence-corrected chi connectivity index (χ4v) is 1.53. The normalized spacial score (nSPS) is 10.3. The molecule has 15 heavy (non-hydrogen) atoms. The first-order valence-electron chi connectivity index (χ1n) is 5.21. The molecular weight excluding hydrogens is 211 g/mol. The van der Waals surface area contributed by atoms with Crippen molar-refractivity contribution in [3.8, 4) is 0 Å². The first kappa shape index (κ1) is 16.7. The molecule has 1 atom stereocenters. The number of halogens is 1. The van der Waals surface area contributed by atoms with Crippen molar-refractivity contribution in [2.75, 3.05) is 6.26 Å². The fraction of sp³-hybridized carbons (Fsp3) is 0.500. The van der Waals surface area contributed by atoms with Crippen molar-refractivity contribution in [1.82, 2.24) is 0 Å². The maximum absolute atomic E-state index is 12.8. The molecule has 0 heterocycles. The lowest BCUT2D eigenvalue weighted by atomic mass is 10.2. The molecule has 0 radical (unpaired) electrons. The quantitative estimate of drug-likeness (QED) is 0.717. The molecule has 0 bridgehead atoms. The van der Waals surface area contributed by atoms with E-state index in [2.05, 4.69) is 0 Å². The second kappa shape index (κ2) is 9.84. The average Bonchev–Trinajstić information content (AvgIpc) is 2.27. The van der Waals surface area contributed by atoms with Crippen molar-refractivity contribution in [2.24, 2.45) is 0 Å². The lowest BCUT2D eigenvalue weighted by molar-refractivity contribution is 0.595. The van der Waals surface area contributed by atoms with Crippen molar-refractivity contribution in [1.29, 1.82) is 0 Å². The molecule has 0 aliphatic heterocycles. The van der Waals surface area contributed by atoms with Gasteiger partial charge in [0.05, 0.1) is 15.7 Å². The van der Waals surface area contributed by atoms with Crippen LogP contribution in [0.4, 0.5) is 4.39 Å². The SMILES string of the molecule is CC.CC.Cc1ccc(F)c(S(C)=O)c1. The topological polar surface area (TPSA) is 17.1 Å². The van der Waals surface area contributed by atoms with Crippen LogP contribution in [-0.4, -0.2) is 10.5 Å². The zero-order valence-electron chi connectivity index (χ0n) is 10.4. The van der Waals surface area contributed by atoms with Crippen LogP contribution in [0.15, 0.2) is 23.1 Å². The van der Waals surface area contributed by atoms with Crippen molar-refractivity contribution in [3.05, 3.63) is 29.6 Å². The van der Waals surface area contributed by atoms with Crippen molar-refractivity contribution in [2.45, 2.75) is 39.5 Å². The van der Waals surface area contributed by atoms with Gasteiger partial charge >= 0.3 is 0 Å². The number of hydrogen-bond donors (Lipinski definition) is 0. The summed E-state index contributed by atoms with van der Waals surface area (Å²) in [6.45, 7) is 9.84. The fourth-order valence-electron chi connectivity index (χ4n) is 0.831. The largest absolute Gasteiger partial charge is 0.255 e. The molecule has 1 rings (SSSR count). The highest BCUT2D eigenvalue weighted by Gasteiger charge is 2.04. The van der Waals surface area contributed by atoms with E-state index in [-0.39, 0.29) is 4.90 Å². The minimum atomic E-state index is -1.23. The zero-order chi connectivity index (χ0) is 12.4. The average molecular weight is 232 g/mol. The van der Waals surface area contributed by atoms with E-state index >= 15 is 0 Å². The summed E-state index contributed by atoms with van der Waals surface area (Å²) in [5.74, 6) is -0.392. The van der Waals surface area contributed by atoms with Crippen LogP contribution in [0, 0.1) is 12.7 Å². The van der Waals surface area contributed by atoms with Gasteiger partial charge in [0.1, 0.15) is 5.82 Å². The van der Waals surface area contributed by atoms with Crippen LogP contribution in [0.2, 0.25) is 0 Å². The first-order valence-corrected chi connectivity index (χ1v) is 6.76. The Labute approximate surface area is 95.2 Å². The summed E-state index contributed by atoms with van der Waals surface area (Å²) in [5.41, 5.74) is 0.927. The van der Waals surface area contributed by atoms with Gasteiger partial charge in [-0.05, 0) is 24.6 Å². The lowest BCUT2D eigenvalue weighted by Gasteiger charge is -1.99. The molecule has 1 aromatic rings. The number of hydrogen-bond acceptors (Lipinski definition) is 1. The van der Waals surface area contributed by atoms with Gasteiger partial charge in [-0.25, -0.2) is 4.39 Å². The highest BCUT2D eigenvalue weighted by Crippen LogP contribution is 2.12. The molecule has 3 heteroatoms. The molecular formula is C12H21FOS. The third-order valence-corrected chi connectivity index (χ3v) is 2.33. The summed E-state index contributed by atoms with van der Waals surface area (Å²) in [5, 5.41) is 0. The summed E-state index contributed by atoms with van der Waals surface area (Å²) in [7, 11) is -1.23. The maximum Gasteiger partial charge on any atom is 0.139 e. The molecule has 0 aromatic heterocycles. The van der Waals surface area contributed by atoms with Gasteiger partial charge in [-0.3, -0.25) is 4.21 Å². The van der Waals surface area contributed by atoms with Gasteiger partial charge in [0, 0.05) is 6.26 Å².